The van der Waals surface area contributed by atoms with Crippen molar-refractivity contribution < 1.29 is 14.3 Å². The lowest BCUT2D eigenvalue weighted by Crippen LogP contribution is -2.22. The maximum atomic E-state index is 12.2. The second-order valence-corrected chi connectivity index (χ2v) is 6.47. The number of hydrogen-bond donors (Lipinski definition) is 2. The van der Waals surface area contributed by atoms with E-state index in [-0.39, 0.29) is 11.9 Å². The number of aryl methyl sites for hydroxylation is 1. The standard InChI is InChI=1S/C22H29N3O3/c1-5-25(6-2)19-11-12-20(16(3)15-19)24-21(26)13-14-23-18-9-7-17(8-10-18)22(27)28-4/h7-12,15,23H,5-6,13-14H2,1-4H3,(H,24,26). The van der Waals surface area contributed by atoms with Crippen LogP contribution in [0.25, 0.3) is 0 Å². The fraction of sp³-hybridized carbons (Fsp3) is 0.364. The predicted molar refractivity (Wildman–Crippen MR) is 114 cm³/mol. The van der Waals surface area contributed by atoms with Gasteiger partial charge in [-0.15, -0.1) is 0 Å². The van der Waals surface area contributed by atoms with Crippen molar-refractivity contribution in [3.8, 4) is 0 Å². The number of carbonyl (C=O) groups excluding carboxylic acids is 2. The third kappa shape index (κ3) is 5.74. The van der Waals surface area contributed by atoms with Gasteiger partial charge in [0.15, 0.2) is 0 Å². The number of rotatable bonds is 9. The predicted octanol–water partition coefficient (Wildman–Crippen LogP) is 4.07. The smallest absolute Gasteiger partial charge is 0.337 e. The van der Waals surface area contributed by atoms with Crippen LogP contribution in [0, 0.1) is 6.92 Å². The first-order valence-electron chi connectivity index (χ1n) is 9.56. The van der Waals surface area contributed by atoms with Gasteiger partial charge in [0, 0.05) is 43.1 Å². The Morgan fingerprint density at radius 1 is 1.04 bits per heavy atom. The monoisotopic (exact) mass is 383 g/mol. The third-order valence-corrected chi connectivity index (χ3v) is 4.60. The lowest BCUT2D eigenvalue weighted by atomic mass is 10.1. The van der Waals surface area contributed by atoms with Crippen molar-refractivity contribution in [3.63, 3.8) is 0 Å². The quantitative estimate of drug-likeness (QED) is 0.639. The number of anilines is 3. The van der Waals surface area contributed by atoms with E-state index in [0.29, 0.717) is 18.5 Å². The van der Waals surface area contributed by atoms with Gasteiger partial charge < -0.3 is 20.3 Å². The molecule has 1 amide bonds. The molecule has 2 aromatic rings. The summed E-state index contributed by atoms with van der Waals surface area (Å²) in [5, 5.41) is 6.15. The Hall–Kier alpha value is -3.02. The highest BCUT2D eigenvalue weighted by atomic mass is 16.5. The Balaban J connectivity index is 1.85. The van der Waals surface area contributed by atoms with Crippen LogP contribution in [0.4, 0.5) is 17.1 Å². The molecule has 2 rings (SSSR count). The zero-order valence-electron chi connectivity index (χ0n) is 17.0. The van der Waals surface area contributed by atoms with E-state index in [1.54, 1.807) is 24.3 Å². The van der Waals surface area contributed by atoms with Crippen molar-refractivity contribution >= 4 is 28.9 Å². The molecule has 0 heterocycles. The van der Waals surface area contributed by atoms with Gasteiger partial charge in [0.1, 0.15) is 0 Å². The number of amides is 1. The van der Waals surface area contributed by atoms with Crippen molar-refractivity contribution in [2.24, 2.45) is 0 Å². The van der Waals surface area contributed by atoms with Gasteiger partial charge >= 0.3 is 5.97 Å². The minimum atomic E-state index is -0.367. The molecule has 150 valence electrons. The van der Waals surface area contributed by atoms with E-state index in [4.69, 9.17) is 0 Å². The number of hydrogen-bond acceptors (Lipinski definition) is 5. The molecule has 0 aromatic heterocycles. The third-order valence-electron chi connectivity index (χ3n) is 4.60. The molecule has 0 unspecified atom stereocenters. The molecule has 0 aliphatic heterocycles. The topological polar surface area (TPSA) is 70.7 Å². The van der Waals surface area contributed by atoms with Gasteiger partial charge in [0.2, 0.25) is 5.91 Å². The zero-order valence-corrected chi connectivity index (χ0v) is 17.0. The maximum Gasteiger partial charge on any atom is 0.337 e. The average Bonchev–Trinajstić information content (AvgIpc) is 2.71. The molecule has 2 aromatic carbocycles. The van der Waals surface area contributed by atoms with Crippen molar-refractivity contribution in [1.82, 2.24) is 0 Å². The molecule has 6 nitrogen and oxygen atoms in total. The van der Waals surface area contributed by atoms with Crippen LogP contribution in [-0.4, -0.2) is 38.6 Å². The van der Waals surface area contributed by atoms with Crippen molar-refractivity contribution in [1.29, 1.82) is 0 Å². The Labute approximate surface area is 166 Å². The second-order valence-electron chi connectivity index (χ2n) is 6.47. The van der Waals surface area contributed by atoms with Crippen molar-refractivity contribution in [2.75, 3.05) is 42.3 Å². The first kappa shape index (κ1) is 21.3. The van der Waals surface area contributed by atoms with Gasteiger partial charge in [-0.05, 0) is 68.8 Å². The molecule has 0 aliphatic carbocycles. The van der Waals surface area contributed by atoms with Crippen LogP contribution in [0.2, 0.25) is 0 Å². The molecular formula is C22H29N3O3. The second kappa shape index (κ2) is 10.3. The highest BCUT2D eigenvalue weighted by Crippen LogP contribution is 2.22. The Kier molecular flexibility index (Phi) is 7.87. The van der Waals surface area contributed by atoms with Gasteiger partial charge in [-0.2, -0.15) is 0 Å². The Bertz CT molecular complexity index is 799. The van der Waals surface area contributed by atoms with Crippen LogP contribution in [0.15, 0.2) is 42.5 Å². The average molecular weight is 383 g/mol. The van der Waals surface area contributed by atoms with Crippen LogP contribution in [0.5, 0.6) is 0 Å². The molecule has 6 heteroatoms. The number of methoxy groups -OCH3 is 1. The van der Waals surface area contributed by atoms with Gasteiger partial charge in [-0.25, -0.2) is 4.79 Å². The number of benzene rings is 2. The van der Waals surface area contributed by atoms with Crippen LogP contribution in [0.1, 0.15) is 36.2 Å². The number of ether oxygens (including phenoxy) is 1. The summed E-state index contributed by atoms with van der Waals surface area (Å²) in [4.78, 5) is 25.9. The zero-order chi connectivity index (χ0) is 20.5. The molecule has 0 aliphatic rings. The normalized spacial score (nSPS) is 10.3. The molecule has 0 saturated carbocycles. The van der Waals surface area contributed by atoms with E-state index >= 15 is 0 Å². The fourth-order valence-electron chi connectivity index (χ4n) is 2.95. The lowest BCUT2D eigenvalue weighted by molar-refractivity contribution is -0.115. The lowest BCUT2D eigenvalue weighted by Gasteiger charge is -2.22. The fourth-order valence-corrected chi connectivity index (χ4v) is 2.95. The molecule has 0 radical (unpaired) electrons. The number of nitrogens with zero attached hydrogens (tertiary/aromatic N) is 1. The maximum absolute atomic E-state index is 12.2. The van der Waals surface area contributed by atoms with Crippen LogP contribution >= 0.6 is 0 Å². The summed E-state index contributed by atoms with van der Waals surface area (Å²) in [6.07, 6.45) is 0.343. The summed E-state index contributed by atoms with van der Waals surface area (Å²) in [6, 6.07) is 13.1. The van der Waals surface area contributed by atoms with Gasteiger partial charge in [0.25, 0.3) is 0 Å². The molecule has 2 N–H and O–H groups in total. The van der Waals surface area contributed by atoms with E-state index in [1.807, 2.05) is 19.1 Å². The molecule has 0 bridgehead atoms. The number of nitrogens with one attached hydrogen (secondary N) is 2. The Morgan fingerprint density at radius 3 is 2.29 bits per heavy atom. The molecule has 0 saturated heterocycles. The minimum absolute atomic E-state index is 0.0441. The summed E-state index contributed by atoms with van der Waals surface area (Å²) in [5.74, 6) is -0.411. The van der Waals surface area contributed by atoms with Crippen molar-refractivity contribution in [2.45, 2.75) is 27.2 Å². The first-order chi connectivity index (χ1) is 13.5. The number of esters is 1. The molecule has 28 heavy (non-hydrogen) atoms. The molecule has 0 atom stereocenters. The van der Waals surface area contributed by atoms with Crippen LogP contribution in [-0.2, 0) is 9.53 Å². The van der Waals surface area contributed by atoms with E-state index in [1.165, 1.54) is 7.11 Å². The van der Waals surface area contributed by atoms with E-state index in [9.17, 15) is 9.59 Å². The van der Waals surface area contributed by atoms with Gasteiger partial charge in [-0.3, -0.25) is 4.79 Å². The summed E-state index contributed by atoms with van der Waals surface area (Å²) in [5.41, 5.74) is 4.39. The van der Waals surface area contributed by atoms with E-state index in [2.05, 4.69) is 40.2 Å². The first-order valence-corrected chi connectivity index (χ1v) is 9.56. The van der Waals surface area contributed by atoms with E-state index < -0.39 is 0 Å². The number of carbonyl (C=O) groups is 2. The van der Waals surface area contributed by atoms with Gasteiger partial charge in [0.05, 0.1) is 12.7 Å². The largest absolute Gasteiger partial charge is 0.465 e. The van der Waals surface area contributed by atoms with Crippen LogP contribution < -0.4 is 15.5 Å². The summed E-state index contributed by atoms with van der Waals surface area (Å²) in [6.45, 7) is 8.67. The molecule has 0 fully saturated rings. The summed E-state index contributed by atoms with van der Waals surface area (Å²) >= 11 is 0. The molecule has 0 spiro atoms. The van der Waals surface area contributed by atoms with E-state index in [0.717, 1.165) is 35.7 Å². The van der Waals surface area contributed by atoms with Crippen molar-refractivity contribution in [3.05, 3.63) is 53.6 Å². The molecular weight excluding hydrogens is 354 g/mol. The van der Waals surface area contributed by atoms with Crippen LogP contribution in [0.3, 0.4) is 0 Å². The SMILES string of the molecule is CCN(CC)c1ccc(NC(=O)CCNc2ccc(C(=O)OC)cc2)c(C)c1. The summed E-state index contributed by atoms with van der Waals surface area (Å²) < 4.78 is 4.67. The highest BCUT2D eigenvalue weighted by Gasteiger charge is 2.08. The highest BCUT2D eigenvalue weighted by molar-refractivity contribution is 5.92. The van der Waals surface area contributed by atoms with Gasteiger partial charge in [-0.1, -0.05) is 0 Å². The Morgan fingerprint density at radius 2 is 1.71 bits per heavy atom. The summed E-state index contributed by atoms with van der Waals surface area (Å²) in [7, 11) is 1.35. The minimum Gasteiger partial charge on any atom is -0.465 e.